The maximum absolute atomic E-state index is 12.7. The van der Waals surface area contributed by atoms with Gasteiger partial charge in [0.05, 0.1) is 5.41 Å². The Morgan fingerprint density at radius 1 is 1.08 bits per heavy atom. The van der Waals surface area contributed by atoms with Gasteiger partial charge in [-0.15, -0.1) is 11.3 Å². The summed E-state index contributed by atoms with van der Waals surface area (Å²) in [6.07, 6.45) is 6.24. The predicted octanol–water partition coefficient (Wildman–Crippen LogP) is 3.64. The van der Waals surface area contributed by atoms with Crippen LogP contribution in [-0.2, 0) is 20.2 Å². The molecule has 2 aliphatic carbocycles. The monoisotopic (exact) mass is 390 g/mol. The van der Waals surface area contributed by atoms with Gasteiger partial charge in [0.2, 0.25) is 5.91 Å². The van der Waals surface area contributed by atoms with Crippen LogP contribution in [-0.4, -0.2) is 20.4 Å². The lowest BCUT2D eigenvalue weighted by molar-refractivity contribution is -0.124. The first kappa shape index (κ1) is 17.5. The molecule has 1 heterocycles. The van der Waals surface area contributed by atoms with Gasteiger partial charge in [-0.25, -0.2) is 8.42 Å². The number of sulfonamides is 1. The van der Waals surface area contributed by atoms with E-state index in [1.165, 1.54) is 24.2 Å². The molecule has 4 rings (SSSR count). The van der Waals surface area contributed by atoms with Crippen LogP contribution in [0, 0.1) is 0 Å². The molecule has 2 N–H and O–H groups in total. The summed E-state index contributed by atoms with van der Waals surface area (Å²) in [4.78, 5) is 12.7. The summed E-state index contributed by atoms with van der Waals surface area (Å²) >= 11 is 1.18. The first-order valence-corrected chi connectivity index (χ1v) is 11.3. The van der Waals surface area contributed by atoms with Crippen molar-refractivity contribution in [2.45, 2.75) is 54.2 Å². The Balaban J connectivity index is 1.46. The van der Waals surface area contributed by atoms with Gasteiger partial charge in [0, 0.05) is 11.7 Å². The molecule has 26 heavy (non-hydrogen) atoms. The first-order valence-electron chi connectivity index (χ1n) is 8.97. The van der Waals surface area contributed by atoms with Crippen molar-refractivity contribution >= 4 is 33.0 Å². The number of hydrogen-bond acceptors (Lipinski definition) is 4. The van der Waals surface area contributed by atoms with Crippen molar-refractivity contribution in [1.82, 2.24) is 5.32 Å². The fourth-order valence-corrected chi connectivity index (χ4v) is 5.70. The van der Waals surface area contributed by atoms with Crippen molar-refractivity contribution < 1.29 is 13.2 Å². The predicted molar refractivity (Wildman–Crippen MR) is 103 cm³/mol. The molecule has 0 saturated heterocycles. The Morgan fingerprint density at radius 2 is 1.77 bits per heavy atom. The minimum Gasteiger partial charge on any atom is -0.353 e. The van der Waals surface area contributed by atoms with Crippen LogP contribution in [0.1, 0.15) is 44.1 Å². The number of carbonyl (C=O) groups excluding carboxylic acids is 1. The second-order valence-electron chi connectivity index (χ2n) is 7.15. The highest BCUT2D eigenvalue weighted by molar-refractivity contribution is 7.94. The first-order chi connectivity index (χ1) is 12.5. The zero-order valence-corrected chi connectivity index (χ0v) is 16.0. The fraction of sp³-hybridized carbons (Fsp3) is 0.421. The van der Waals surface area contributed by atoms with E-state index in [4.69, 9.17) is 0 Å². The molecular formula is C19H22N2O3S2. The highest BCUT2D eigenvalue weighted by atomic mass is 32.2. The lowest BCUT2D eigenvalue weighted by Crippen LogP contribution is -2.40. The average Bonchev–Trinajstić information content (AvgIpc) is 3.01. The topological polar surface area (TPSA) is 75.3 Å². The highest BCUT2D eigenvalue weighted by Gasteiger charge is 2.51. The molecule has 0 aliphatic heterocycles. The van der Waals surface area contributed by atoms with Crippen molar-refractivity contribution in [3.8, 4) is 0 Å². The molecule has 2 aliphatic rings. The molecule has 5 nitrogen and oxygen atoms in total. The minimum atomic E-state index is -3.55. The summed E-state index contributed by atoms with van der Waals surface area (Å²) < 4.78 is 27.5. The minimum absolute atomic E-state index is 0.122. The summed E-state index contributed by atoms with van der Waals surface area (Å²) in [5, 5.41) is 4.94. The van der Waals surface area contributed by atoms with E-state index >= 15 is 0 Å². The van der Waals surface area contributed by atoms with E-state index in [2.05, 4.69) is 10.0 Å². The number of nitrogens with one attached hydrogen (secondary N) is 2. The van der Waals surface area contributed by atoms with Crippen LogP contribution >= 0.6 is 11.3 Å². The molecular weight excluding hydrogens is 368 g/mol. The third-order valence-corrected chi connectivity index (χ3v) is 8.10. The van der Waals surface area contributed by atoms with E-state index < -0.39 is 15.4 Å². The van der Waals surface area contributed by atoms with Crippen LogP contribution < -0.4 is 10.0 Å². The lowest BCUT2D eigenvalue weighted by Gasteiger charge is -2.20. The summed E-state index contributed by atoms with van der Waals surface area (Å²) in [6, 6.07) is 10.8. The van der Waals surface area contributed by atoms with Crippen molar-refractivity contribution in [2.24, 2.45) is 0 Å². The Morgan fingerprint density at radius 3 is 2.35 bits per heavy atom. The number of thiophene rings is 1. The van der Waals surface area contributed by atoms with Gasteiger partial charge in [-0.3, -0.25) is 9.52 Å². The van der Waals surface area contributed by atoms with Gasteiger partial charge in [0.1, 0.15) is 4.21 Å². The van der Waals surface area contributed by atoms with E-state index in [0.29, 0.717) is 11.7 Å². The molecule has 0 atom stereocenters. The molecule has 1 amide bonds. The summed E-state index contributed by atoms with van der Waals surface area (Å²) in [5.41, 5.74) is 1.05. The number of anilines is 1. The molecule has 2 fully saturated rings. The number of benzene rings is 1. The third-order valence-electron chi connectivity index (χ3n) is 5.32. The van der Waals surface area contributed by atoms with Crippen LogP contribution in [0.2, 0.25) is 0 Å². The third kappa shape index (κ3) is 3.38. The molecule has 1 aromatic carbocycles. The number of hydrogen-bond donors (Lipinski definition) is 2. The Kier molecular flexibility index (Phi) is 4.52. The molecule has 7 heteroatoms. The molecule has 0 spiro atoms. The fourth-order valence-electron chi connectivity index (χ4n) is 3.64. The zero-order chi connectivity index (χ0) is 18.2. The quantitative estimate of drug-likeness (QED) is 0.791. The molecule has 0 radical (unpaired) electrons. The van der Waals surface area contributed by atoms with Gasteiger partial charge in [0.25, 0.3) is 10.0 Å². The number of carbonyl (C=O) groups is 1. The number of amides is 1. The Bertz CT molecular complexity index is 879. The maximum Gasteiger partial charge on any atom is 0.271 e. The van der Waals surface area contributed by atoms with E-state index in [0.717, 1.165) is 31.2 Å². The van der Waals surface area contributed by atoms with Gasteiger partial charge in [-0.2, -0.15) is 0 Å². The maximum atomic E-state index is 12.7. The van der Waals surface area contributed by atoms with E-state index in [1.807, 2.05) is 12.1 Å². The molecule has 138 valence electrons. The van der Waals surface area contributed by atoms with Crippen LogP contribution in [0.3, 0.4) is 0 Å². The number of rotatable bonds is 6. The summed E-state index contributed by atoms with van der Waals surface area (Å²) in [7, 11) is -3.55. The van der Waals surface area contributed by atoms with Crippen LogP contribution in [0.4, 0.5) is 5.69 Å². The molecule has 2 aromatic rings. The molecule has 0 bridgehead atoms. The van der Waals surface area contributed by atoms with E-state index in [1.54, 1.807) is 29.6 Å². The van der Waals surface area contributed by atoms with E-state index in [9.17, 15) is 13.2 Å². The van der Waals surface area contributed by atoms with Crippen LogP contribution in [0.25, 0.3) is 0 Å². The Labute approximate surface area is 157 Å². The van der Waals surface area contributed by atoms with Crippen LogP contribution in [0.5, 0.6) is 0 Å². The molecule has 0 unspecified atom stereocenters. The van der Waals surface area contributed by atoms with Crippen molar-refractivity contribution in [3.63, 3.8) is 0 Å². The largest absolute Gasteiger partial charge is 0.353 e. The molecule has 1 aromatic heterocycles. The standard InChI is InChI=1S/C19H22N2O3S2/c22-18(20-15-4-1-2-5-15)19(11-12-19)14-7-9-16(10-8-14)21-26(23,24)17-6-3-13-25-17/h3,6-10,13,15,21H,1-2,4-5,11-12H2,(H,20,22). The highest BCUT2D eigenvalue weighted by Crippen LogP contribution is 2.49. The lowest BCUT2D eigenvalue weighted by atomic mass is 9.94. The van der Waals surface area contributed by atoms with Crippen molar-refractivity contribution in [1.29, 1.82) is 0 Å². The Hall–Kier alpha value is -1.86. The van der Waals surface area contributed by atoms with Gasteiger partial charge in [-0.05, 0) is 54.8 Å². The van der Waals surface area contributed by atoms with Gasteiger partial charge in [-0.1, -0.05) is 31.0 Å². The zero-order valence-electron chi connectivity index (χ0n) is 14.4. The van der Waals surface area contributed by atoms with Crippen molar-refractivity contribution in [2.75, 3.05) is 4.72 Å². The van der Waals surface area contributed by atoms with Crippen molar-refractivity contribution in [3.05, 3.63) is 47.3 Å². The summed E-state index contributed by atoms with van der Waals surface area (Å²) in [5.74, 6) is 0.122. The van der Waals surface area contributed by atoms with Gasteiger partial charge in [0.15, 0.2) is 0 Å². The van der Waals surface area contributed by atoms with Crippen LogP contribution in [0.15, 0.2) is 46.0 Å². The second kappa shape index (κ2) is 6.70. The average molecular weight is 391 g/mol. The van der Waals surface area contributed by atoms with E-state index in [-0.39, 0.29) is 10.1 Å². The second-order valence-corrected chi connectivity index (χ2v) is 10.0. The normalized spacial score (nSPS) is 19.2. The SMILES string of the molecule is O=C(NC1CCCC1)C1(c2ccc(NS(=O)(=O)c3cccs3)cc2)CC1. The summed E-state index contributed by atoms with van der Waals surface area (Å²) in [6.45, 7) is 0. The smallest absolute Gasteiger partial charge is 0.271 e. The van der Waals surface area contributed by atoms with Gasteiger partial charge < -0.3 is 5.32 Å². The van der Waals surface area contributed by atoms with Gasteiger partial charge >= 0.3 is 0 Å². The molecule has 2 saturated carbocycles.